The molecular weight excluding hydrogens is 300 g/mol. The Morgan fingerprint density at radius 3 is 2.38 bits per heavy atom. The molecule has 0 N–H and O–H groups in total. The zero-order chi connectivity index (χ0) is 15.4. The van der Waals surface area contributed by atoms with E-state index in [1.165, 1.54) is 30.3 Å². The molecule has 0 saturated carbocycles. The van der Waals surface area contributed by atoms with E-state index in [1.807, 2.05) is 0 Å². The maximum Gasteiger partial charge on any atom is 0.269 e. The Labute approximate surface area is 122 Å². The number of hydrogen-bond acceptors (Lipinski definition) is 4. The van der Waals surface area contributed by atoms with Crippen LogP contribution in [0.25, 0.3) is 0 Å². The minimum absolute atomic E-state index is 0.0413. The predicted octanol–water partition coefficient (Wildman–Crippen LogP) is 3.85. The van der Waals surface area contributed by atoms with Gasteiger partial charge in [0.2, 0.25) is 0 Å². The van der Waals surface area contributed by atoms with Crippen molar-refractivity contribution in [3.63, 3.8) is 0 Å². The van der Waals surface area contributed by atoms with E-state index >= 15 is 0 Å². The van der Waals surface area contributed by atoms with Crippen LogP contribution in [0, 0.1) is 21.7 Å². The summed E-state index contributed by atoms with van der Waals surface area (Å²) >= 11 is 0.944. The molecule has 21 heavy (non-hydrogen) atoms. The summed E-state index contributed by atoms with van der Waals surface area (Å²) in [6, 6.07) is 8.29. The average Bonchev–Trinajstić information content (AvgIpc) is 2.46. The lowest BCUT2D eigenvalue weighted by Gasteiger charge is -2.03. The molecule has 0 radical (unpaired) electrons. The predicted molar refractivity (Wildman–Crippen MR) is 74.5 cm³/mol. The van der Waals surface area contributed by atoms with Gasteiger partial charge in [0.05, 0.1) is 10.7 Å². The van der Waals surface area contributed by atoms with Gasteiger partial charge in [0, 0.05) is 28.7 Å². The van der Waals surface area contributed by atoms with E-state index < -0.39 is 16.6 Å². The van der Waals surface area contributed by atoms with Gasteiger partial charge >= 0.3 is 0 Å². The summed E-state index contributed by atoms with van der Waals surface area (Å²) < 4.78 is 26.1. The largest absolute Gasteiger partial charge is 0.293 e. The Kier molecular flexibility index (Phi) is 4.64. The number of benzene rings is 2. The number of Topliss-reactive ketones (excluding diaryl/α,β-unsaturated/α-hetero) is 1. The van der Waals surface area contributed by atoms with Crippen molar-refractivity contribution in [3.8, 4) is 0 Å². The Morgan fingerprint density at radius 1 is 1.14 bits per heavy atom. The van der Waals surface area contributed by atoms with E-state index in [2.05, 4.69) is 0 Å². The SMILES string of the molecule is O=C(CSc1ccc(F)cc1F)c1ccc([N+](=O)[O-])cc1. The molecule has 0 amide bonds. The quantitative estimate of drug-likeness (QED) is 0.364. The van der Waals surface area contributed by atoms with Crippen LogP contribution in [0.5, 0.6) is 0 Å². The second kappa shape index (κ2) is 6.45. The van der Waals surface area contributed by atoms with Crippen LogP contribution in [-0.4, -0.2) is 16.5 Å². The Hall–Kier alpha value is -2.28. The first kappa shape index (κ1) is 15.1. The number of nitrogens with zero attached hydrogens (tertiary/aromatic N) is 1. The minimum atomic E-state index is -0.725. The Balaban J connectivity index is 2.02. The van der Waals surface area contributed by atoms with E-state index in [0.717, 1.165) is 23.9 Å². The van der Waals surface area contributed by atoms with Gasteiger partial charge in [-0.15, -0.1) is 11.8 Å². The van der Waals surface area contributed by atoms with Crippen LogP contribution in [0.3, 0.4) is 0 Å². The summed E-state index contributed by atoms with van der Waals surface area (Å²) in [5.74, 6) is -1.74. The molecule has 0 bridgehead atoms. The van der Waals surface area contributed by atoms with Gasteiger partial charge < -0.3 is 0 Å². The molecule has 4 nitrogen and oxygen atoms in total. The van der Waals surface area contributed by atoms with Crippen molar-refractivity contribution in [1.29, 1.82) is 0 Å². The van der Waals surface area contributed by atoms with Crippen molar-refractivity contribution in [2.45, 2.75) is 4.90 Å². The lowest BCUT2D eigenvalue weighted by Crippen LogP contribution is -2.03. The van der Waals surface area contributed by atoms with Crippen molar-refractivity contribution in [1.82, 2.24) is 0 Å². The van der Waals surface area contributed by atoms with Crippen molar-refractivity contribution in [2.75, 3.05) is 5.75 Å². The molecule has 0 saturated heterocycles. The fourth-order valence-electron chi connectivity index (χ4n) is 1.59. The second-order valence-corrected chi connectivity index (χ2v) is 5.11. The maximum absolute atomic E-state index is 13.4. The number of thioether (sulfide) groups is 1. The molecular formula is C14H9F2NO3S. The zero-order valence-electron chi connectivity index (χ0n) is 10.6. The molecule has 108 valence electrons. The van der Waals surface area contributed by atoms with E-state index in [1.54, 1.807) is 0 Å². The number of carbonyl (C=O) groups excluding carboxylic acids is 1. The zero-order valence-corrected chi connectivity index (χ0v) is 11.4. The van der Waals surface area contributed by atoms with Crippen molar-refractivity contribution in [2.24, 2.45) is 0 Å². The van der Waals surface area contributed by atoms with Gasteiger partial charge in [0.25, 0.3) is 5.69 Å². The first-order valence-electron chi connectivity index (χ1n) is 5.83. The van der Waals surface area contributed by atoms with Crippen molar-refractivity contribution < 1.29 is 18.5 Å². The van der Waals surface area contributed by atoms with E-state index in [4.69, 9.17) is 0 Å². The second-order valence-electron chi connectivity index (χ2n) is 4.09. The van der Waals surface area contributed by atoms with Gasteiger partial charge in [0.1, 0.15) is 11.6 Å². The summed E-state index contributed by atoms with van der Waals surface area (Å²) in [4.78, 5) is 22.0. The van der Waals surface area contributed by atoms with Gasteiger partial charge in [0.15, 0.2) is 5.78 Å². The van der Waals surface area contributed by atoms with Gasteiger partial charge in [-0.1, -0.05) is 0 Å². The van der Waals surface area contributed by atoms with Crippen LogP contribution >= 0.6 is 11.8 Å². The van der Waals surface area contributed by atoms with Crippen molar-refractivity contribution in [3.05, 3.63) is 69.8 Å². The average molecular weight is 309 g/mol. The molecule has 0 unspecified atom stereocenters. The van der Waals surface area contributed by atoms with Gasteiger partial charge in [-0.05, 0) is 24.3 Å². The third-order valence-electron chi connectivity index (χ3n) is 2.65. The number of nitro benzene ring substituents is 1. The molecule has 2 rings (SSSR count). The van der Waals surface area contributed by atoms with E-state index in [0.29, 0.717) is 5.56 Å². The lowest BCUT2D eigenvalue weighted by molar-refractivity contribution is -0.384. The van der Waals surface area contributed by atoms with Crippen LogP contribution in [0.4, 0.5) is 14.5 Å². The normalized spacial score (nSPS) is 10.4. The number of nitro groups is 1. The highest BCUT2D eigenvalue weighted by Gasteiger charge is 2.11. The van der Waals surface area contributed by atoms with Crippen LogP contribution in [-0.2, 0) is 0 Å². The van der Waals surface area contributed by atoms with Crippen LogP contribution in [0.1, 0.15) is 10.4 Å². The molecule has 2 aromatic rings. The molecule has 2 aromatic carbocycles. The van der Waals surface area contributed by atoms with Gasteiger partial charge in [-0.2, -0.15) is 0 Å². The highest BCUT2D eigenvalue weighted by molar-refractivity contribution is 8.00. The number of rotatable bonds is 5. The number of ketones is 1. The summed E-state index contributed by atoms with van der Waals surface area (Å²) in [7, 11) is 0. The van der Waals surface area contributed by atoms with E-state index in [9.17, 15) is 23.7 Å². The standard InChI is InChI=1S/C14H9F2NO3S/c15-10-3-6-14(12(16)7-10)21-8-13(18)9-1-4-11(5-2-9)17(19)20/h1-7H,8H2. The molecule has 0 aliphatic rings. The first-order valence-corrected chi connectivity index (χ1v) is 6.81. The highest BCUT2D eigenvalue weighted by atomic mass is 32.2. The topological polar surface area (TPSA) is 60.2 Å². The van der Waals surface area contributed by atoms with E-state index in [-0.39, 0.29) is 22.1 Å². The Morgan fingerprint density at radius 2 is 1.81 bits per heavy atom. The number of carbonyl (C=O) groups is 1. The molecule has 0 fully saturated rings. The fraction of sp³-hybridized carbons (Fsp3) is 0.0714. The van der Waals surface area contributed by atoms with Crippen LogP contribution < -0.4 is 0 Å². The first-order chi connectivity index (χ1) is 9.97. The summed E-state index contributed by atoms with van der Waals surface area (Å²) in [6.07, 6.45) is 0. The molecule has 7 heteroatoms. The fourth-order valence-corrected chi connectivity index (χ4v) is 2.40. The molecule has 0 aliphatic heterocycles. The maximum atomic E-state index is 13.4. The Bertz CT molecular complexity index is 689. The number of hydrogen-bond donors (Lipinski definition) is 0. The molecule has 0 aromatic heterocycles. The highest BCUT2D eigenvalue weighted by Crippen LogP contribution is 2.23. The summed E-state index contributed by atoms with van der Waals surface area (Å²) in [5.41, 5.74) is 0.194. The monoisotopic (exact) mass is 309 g/mol. The van der Waals surface area contributed by atoms with Crippen LogP contribution in [0.15, 0.2) is 47.4 Å². The number of halogens is 2. The molecule has 0 atom stereocenters. The molecule has 0 spiro atoms. The third kappa shape index (κ3) is 3.85. The third-order valence-corrected chi connectivity index (χ3v) is 3.70. The molecule has 0 aliphatic carbocycles. The van der Waals surface area contributed by atoms with Gasteiger partial charge in [-0.25, -0.2) is 8.78 Å². The van der Waals surface area contributed by atoms with Gasteiger partial charge in [-0.3, -0.25) is 14.9 Å². The van der Waals surface area contributed by atoms with Crippen LogP contribution in [0.2, 0.25) is 0 Å². The molecule has 0 heterocycles. The lowest BCUT2D eigenvalue weighted by atomic mass is 10.1. The number of non-ortho nitro benzene ring substituents is 1. The summed E-state index contributed by atoms with van der Waals surface area (Å²) in [6.45, 7) is 0. The summed E-state index contributed by atoms with van der Waals surface area (Å²) in [5, 5.41) is 10.5. The van der Waals surface area contributed by atoms with Crippen molar-refractivity contribution >= 4 is 23.2 Å². The minimum Gasteiger partial charge on any atom is -0.293 e. The smallest absolute Gasteiger partial charge is 0.269 e.